The summed E-state index contributed by atoms with van der Waals surface area (Å²) in [4.78, 5) is 28.1. The number of hydrogen-bond acceptors (Lipinski definition) is 5. The summed E-state index contributed by atoms with van der Waals surface area (Å²) in [6.07, 6.45) is 5.43. The van der Waals surface area contributed by atoms with Crippen molar-refractivity contribution in [1.29, 1.82) is 0 Å². The van der Waals surface area contributed by atoms with Gasteiger partial charge in [0.25, 0.3) is 0 Å². The van der Waals surface area contributed by atoms with Crippen LogP contribution in [0.15, 0.2) is 52.3 Å². The minimum absolute atomic E-state index is 0.0221. The second-order valence-corrected chi connectivity index (χ2v) is 11.3. The highest BCUT2D eigenvalue weighted by molar-refractivity contribution is 7.98. The second-order valence-electron chi connectivity index (χ2n) is 8.51. The molecule has 0 spiro atoms. The van der Waals surface area contributed by atoms with E-state index in [1.807, 2.05) is 37.4 Å². The van der Waals surface area contributed by atoms with Gasteiger partial charge in [-0.25, -0.2) is 8.42 Å². The smallest absolute Gasteiger partial charge is 0.244 e. The van der Waals surface area contributed by atoms with E-state index in [0.29, 0.717) is 24.3 Å². The summed E-state index contributed by atoms with van der Waals surface area (Å²) in [6, 6.07) is 12.4. The first-order chi connectivity index (χ1) is 15.8. The van der Waals surface area contributed by atoms with Crippen LogP contribution >= 0.6 is 11.8 Å². The fraction of sp³-hybridized carbons (Fsp3) is 0.417. The van der Waals surface area contributed by atoms with Gasteiger partial charge in [0.1, 0.15) is 6.54 Å². The number of sulfonamides is 1. The Labute approximate surface area is 199 Å². The number of fused-ring (bicyclic) bond motifs is 1. The summed E-state index contributed by atoms with van der Waals surface area (Å²) in [5.41, 5.74) is 2.05. The number of hydrogen-bond donors (Lipinski definition) is 1. The van der Waals surface area contributed by atoms with Crippen LogP contribution in [-0.2, 0) is 26.0 Å². The lowest BCUT2D eigenvalue weighted by Gasteiger charge is -2.33. The quantitative estimate of drug-likeness (QED) is 0.625. The molecule has 4 rings (SSSR count). The Morgan fingerprint density at radius 1 is 1.15 bits per heavy atom. The van der Waals surface area contributed by atoms with E-state index >= 15 is 0 Å². The third-order valence-corrected chi connectivity index (χ3v) is 8.99. The number of benzene rings is 2. The SMILES string of the molecule is CSc1cccc(NC(=O)CN2C(=O)CCc3cc(S(=O)(=O)N4CCCC[C@H]4C)ccc32)c1. The van der Waals surface area contributed by atoms with Crippen LogP contribution in [0.3, 0.4) is 0 Å². The first-order valence-corrected chi connectivity index (χ1v) is 13.8. The molecule has 1 fully saturated rings. The Morgan fingerprint density at radius 3 is 2.73 bits per heavy atom. The first-order valence-electron chi connectivity index (χ1n) is 11.2. The van der Waals surface area contributed by atoms with Gasteiger partial charge in [-0.1, -0.05) is 12.5 Å². The zero-order chi connectivity index (χ0) is 23.6. The van der Waals surface area contributed by atoms with Crippen molar-refractivity contribution in [3.05, 3.63) is 48.0 Å². The van der Waals surface area contributed by atoms with E-state index < -0.39 is 10.0 Å². The molecule has 1 saturated heterocycles. The van der Waals surface area contributed by atoms with Crippen LogP contribution in [-0.4, -0.2) is 49.9 Å². The Balaban J connectivity index is 1.54. The molecule has 9 heteroatoms. The van der Waals surface area contributed by atoms with Crippen LogP contribution in [0.4, 0.5) is 11.4 Å². The van der Waals surface area contributed by atoms with Crippen molar-refractivity contribution < 1.29 is 18.0 Å². The van der Waals surface area contributed by atoms with Crippen molar-refractivity contribution in [3.8, 4) is 0 Å². The normalized spacial score (nSPS) is 19.3. The number of carbonyl (C=O) groups excluding carboxylic acids is 2. The Kier molecular flexibility index (Phi) is 7.11. The van der Waals surface area contributed by atoms with Crippen LogP contribution in [0.2, 0.25) is 0 Å². The van der Waals surface area contributed by atoms with Crippen molar-refractivity contribution in [2.75, 3.05) is 29.6 Å². The van der Waals surface area contributed by atoms with Crippen LogP contribution in [0.1, 0.15) is 38.2 Å². The maximum Gasteiger partial charge on any atom is 0.244 e. The zero-order valence-electron chi connectivity index (χ0n) is 18.9. The number of aryl methyl sites for hydroxylation is 1. The van der Waals surface area contributed by atoms with Gasteiger partial charge < -0.3 is 10.2 Å². The summed E-state index contributed by atoms with van der Waals surface area (Å²) in [5, 5.41) is 2.85. The summed E-state index contributed by atoms with van der Waals surface area (Å²) >= 11 is 1.58. The summed E-state index contributed by atoms with van der Waals surface area (Å²) in [7, 11) is -3.60. The van der Waals surface area contributed by atoms with Crippen LogP contribution in [0, 0.1) is 0 Å². The maximum atomic E-state index is 13.2. The third-order valence-electron chi connectivity index (χ3n) is 6.25. The molecule has 1 N–H and O–H groups in total. The molecule has 2 aliphatic heterocycles. The van der Waals surface area contributed by atoms with E-state index in [4.69, 9.17) is 0 Å². The first kappa shape index (κ1) is 23.8. The van der Waals surface area contributed by atoms with Gasteiger partial charge in [-0.15, -0.1) is 11.8 Å². The summed E-state index contributed by atoms with van der Waals surface area (Å²) in [5.74, 6) is -0.441. The molecule has 2 amide bonds. The number of nitrogens with one attached hydrogen (secondary N) is 1. The van der Waals surface area contributed by atoms with Crippen molar-refractivity contribution in [2.45, 2.75) is 54.9 Å². The molecule has 0 radical (unpaired) electrons. The maximum absolute atomic E-state index is 13.2. The minimum Gasteiger partial charge on any atom is -0.324 e. The number of carbonyl (C=O) groups is 2. The van der Waals surface area contributed by atoms with Gasteiger partial charge in [-0.05, 0) is 74.4 Å². The molecular weight excluding hydrogens is 458 g/mol. The highest BCUT2D eigenvalue weighted by atomic mass is 32.2. The van der Waals surface area contributed by atoms with Crippen LogP contribution < -0.4 is 10.2 Å². The van der Waals surface area contributed by atoms with E-state index in [2.05, 4.69) is 5.32 Å². The number of amides is 2. The lowest BCUT2D eigenvalue weighted by atomic mass is 10.0. The van der Waals surface area contributed by atoms with E-state index in [1.165, 1.54) is 4.90 Å². The fourth-order valence-electron chi connectivity index (χ4n) is 4.48. The molecule has 0 unspecified atom stereocenters. The highest BCUT2D eigenvalue weighted by Gasteiger charge is 2.33. The zero-order valence-corrected chi connectivity index (χ0v) is 20.5. The monoisotopic (exact) mass is 487 g/mol. The molecule has 0 aliphatic carbocycles. The molecule has 0 saturated carbocycles. The predicted octanol–water partition coefficient (Wildman–Crippen LogP) is 3.89. The molecule has 33 heavy (non-hydrogen) atoms. The molecule has 0 aromatic heterocycles. The van der Waals surface area contributed by atoms with Crippen molar-refractivity contribution in [2.24, 2.45) is 0 Å². The van der Waals surface area contributed by atoms with Crippen LogP contribution in [0.5, 0.6) is 0 Å². The molecule has 2 aliphatic rings. The Morgan fingerprint density at radius 2 is 1.97 bits per heavy atom. The van der Waals surface area contributed by atoms with Crippen molar-refractivity contribution >= 4 is 45.0 Å². The fourth-order valence-corrected chi connectivity index (χ4v) is 6.69. The second kappa shape index (κ2) is 9.87. The predicted molar refractivity (Wildman–Crippen MR) is 131 cm³/mol. The van der Waals surface area contributed by atoms with E-state index in [9.17, 15) is 18.0 Å². The molecule has 7 nitrogen and oxygen atoms in total. The Hall–Kier alpha value is -2.36. The number of nitrogens with zero attached hydrogens (tertiary/aromatic N) is 2. The number of anilines is 2. The van der Waals surface area contributed by atoms with Gasteiger partial charge in [0.15, 0.2) is 0 Å². The van der Waals surface area contributed by atoms with Gasteiger partial charge in [-0.2, -0.15) is 4.31 Å². The molecule has 176 valence electrons. The van der Waals surface area contributed by atoms with E-state index in [-0.39, 0.29) is 35.7 Å². The molecule has 1 atom stereocenters. The lowest BCUT2D eigenvalue weighted by Crippen LogP contribution is -2.42. The Bertz CT molecular complexity index is 1170. The minimum atomic E-state index is -3.60. The number of thioether (sulfide) groups is 1. The van der Waals surface area contributed by atoms with Crippen LogP contribution in [0.25, 0.3) is 0 Å². The van der Waals surface area contributed by atoms with E-state index in [1.54, 1.807) is 34.3 Å². The summed E-state index contributed by atoms with van der Waals surface area (Å²) < 4.78 is 28.1. The average Bonchev–Trinajstić information content (AvgIpc) is 2.81. The van der Waals surface area contributed by atoms with Crippen molar-refractivity contribution in [1.82, 2.24) is 4.31 Å². The largest absolute Gasteiger partial charge is 0.324 e. The third kappa shape index (κ3) is 5.10. The van der Waals surface area contributed by atoms with Crippen molar-refractivity contribution in [3.63, 3.8) is 0 Å². The number of piperidine rings is 1. The van der Waals surface area contributed by atoms with Gasteiger partial charge in [0.2, 0.25) is 21.8 Å². The van der Waals surface area contributed by atoms with Gasteiger partial charge in [0.05, 0.1) is 4.90 Å². The standard InChI is InChI=1S/C24H29N3O4S2/c1-17-6-3-4-13-27(17)33(30,31)21-10-11-22-18(14-21)9-12-24(29)26(22)16-23(28)25-19-7-5-8-20(15-19)32-2/h5,7-8,10-11,14-15,17H,3-4,6,9,12-13,16H2,1-2H3,(H,25,28)/t17-/m1/s1. The lowest BCUT2D eigenvalue weighted by molar-refractivity contribution is -0.121. The summed E-state index contributed by atoms with van der Waals surface area (Å²) in [6.45, 7) is 2.36. The van der Waals surface area contributed by atoms with Gasteiger partial charge in [0, 0.05) is 35.3 Å². The van der Waals surface area contributed by atoms with E-state index in [0.717, 1.165) is 29.7 Å². The average molecular weight is 488 g/mol. The molecule has 2 aromatic carbocycles. The highest BCUT2D eigenvalue weighted by Crippen LogP contribution is 2.32. The van der Waals surface area contributed by atoms with Gasteiger partial charge in [-0.3, -0.25) is 9.59 Å². The molecule has 0 bridgehead atoms. The molecular formula is C24H29N3O4S2. The molecule has 2 aromatic rings. The molecule has 2 heterocycles. The topological polar surface area (TPSA) is 86.8 Å². The number of rotatable bonds is 6. The van der Waals surface area contributed by atoms with Gasteiger partial charge >= 0.3 is 0 Å².